The lowest BCUT2D eigenvalue weighted by atomic mass is 10.1. The molecule has 3 amide bonds. The van der Waals surface area contributed by atoms with Gasteiger partial charge in [-0.15, -0.1) is 0 Å². The highest BCUT2D eigenvalue weighted by Gasteiger charge is 2.25. The Hall–Kier alpha value is -3.61. The van der Waals surface area contributed by atoms with Gasteiger partial charge < -0.3 is 20.9 Å². The number of fused-ring (bicyclic) bond motifs is 1. The van der Waals surface area contributed by atoms with E-state index >= 15 is 0 Å². The number of amides is 3. The van der Waals surface area contributed by atoms with Gasteiger partial charge in [-0.3, -0.25) is 14.4 Å². The third-order valence-corrected chi connectivity index (χ3v) is 4.89. The number of carbonyl (C=O) groups excluding carboxylic acids is 3. The van der Waals surface area contributed by atoms with E-state index in [-0.39, 0.29) is 11.9 Å². The zero-order valence-electron chi connectivity index (χ0n) is 15.8. The van der Waals surface area contributed by atoms with E-state index in [1.807, 2.05) is 30.5 Å². The maximum atomic E-state index is 12.3. The zero-order chi connectivity index (χ0) is 20.2. The molecule has 0 unspecified atom stereocenters. The van der Waals surface area contributed by atoms with Crippen molar-refractivity contribution in [1.82, 2.24) is 15.6 Å². The van der Waals surface area contributed by atoms with Crippen LogP contribution in [0.2, 0.25) is 0 Å². The van der Waals surface area contributed by atoms with E-state index in [9.17, 15) is 14.4 Å². The normalized spacial score (nSPS) is 13.1. The SMILES string of the molecule is O=C(NCCc1c[nH]c2ccccc12)C(=O)Nc1ccccc1C(=O)NC1CC1. The van der Waals surface area contributed by atoms with Crippen molar-refractivity contribution in [2.45, 2.75) is 25.3 Å². The van der Waals surface area contributed by atoms with Gasteiger partial charge in [0.15, 0.2) is 0 Å². The van der Waals surface area contributed by atoms with Crippen LogP contribution in [0.25, 0.3) is 10.9 Å². The lowest BCUT2D eigenvalue weighted by molar-refractivity contribution is -0.136. The molecule has 0 bridgehead atoms. The topological polar surface area (TPSA) is 103 Å². The minimum atomic E-state index is -0.796. The number of H-pyrrole nitrogens is 1. The highest BCUT2D eigenvalue weighted by molar-refractivity contribution is 6.40. The molecule has 0 aliphatic heterocycles. The number of hydrogen-bond acceptors (Lipinski definition) is 3. The van der Waals surface area contributed by atoms with Crippen LogP contribution in [0.1, 0.15) is 28.8 Å². The number of hydrogen-bond donors (Lipinski definition) is 4. The summed E-state index contributed by atoms with van der Waals surface area (Å²) in [6.07, 6.45) is 4.45. The van der Waals surface area contributed by atoms with Gasteiger partial charge in [0.1, 0.15) is 0 Å². The number of nitrogens with one attached hydrogen (secondary N) is 4. The van der Waals surface area contributed by atoms with Gasteiger partial charge >= 0.3 is 11.8 Å². The first-order chi connectivity index (χ1) is 14.1. The van der Waals surface area contributed by atoms with Crippen molar-refractivity contribution in [2.75, 3.05) is 11.9 Å². The number of aromatic nitrogens is 1. The predicted molar refractivity (Wildman–Crippen MR) is 111 cm³/mol. The Morgan fingerprint density at radius 2 is 1.72 bits per heavy atom. The monoisotopic (exact) mass is 390 g/mol. The van der Waals surface area contributed by atoms with Crippen LogP contribution in [0, 0.1) is 0 Å². The Morgan fingerprint density at radius 1 is 0.966 bits per heavy atom. The molecular formula is C22H22N4O3. The molecule has 1 aliphatic carbocycles. The molecule has 0 radical (unpaired) electrons. The molecule has 0 spiro atoms. The van der Waals surface area contributed by atoms with Gasteiger partial charge in [-0.25, -0.2) is 0 Å². The molecule has 2 aromatic carbocycles. The lowest BCUT2D eigenvalue weighted by Gasteiger charge is -2.11. The maximum Gasteiger partial charge on any atom is 0.313 e. The third-order valence-electron chi connectivity index (χ3n) is 4.89. The molecule has 1 heterocycles. The molecule has 1 saturated carbocycles. The summed E-state index contributed by atoms with van der Waals surface area (Å²) in [7, 11) is 0. The molecule has 0 saturated heterocycles. The van der Waals surface area contributed by atoms with Crippen molar-refractivity contribution >= 4 is 34.3 Å². The van der Waals surface area contributed by atoms with E-state index in [1.54, 1.807) is 24.3 Å². The van der Waals surface area contributed by atoms with Crippen LogP contribution in [0.15, 0.2) is 54.7 Å². The Morgan fingerprint density at radius 3 is 2.55 bits per heavy atom. The fourth-order valence-electron chi connectivity index (χ4n) is 3.19. The quantitative estimate of drug-likeness (QED) is 0.486. The van der Waals surface area contributed by atoms with E-state index in [2.05, 4.69) is 20.9 Å². The number of benzene rings is 2. The predicted octanol–water partition coefficient (Wildman–Crippen LogP) is 2.36. The smallest absolute Gasteiger partial charge is 0.313 e. The van der Waals surface area contributed by atoms with Crippen LogP contribution >= 0.6 is 0 Å². The van der Waals surface area contributed by atoms with Gasteiger partial charge in [-0.05, 0) is 43.0 Å². The summed E-state index contributed by atoms with van der Waals surface area (Å²) < 4.78 is 0. The Bertz CT molecular complexity index is 1070. The van der Waals surface area contributed by atoms with Crippen LogP contribution in [-0.2, 0) is 16.0 Å². The Kier molecular flexibility index (Phi) is 5.29. The minimum absolute atomic E-state index is 0.207. The Labute approximate surface area is 167 Å². The van der Waals surface area contributed by atoms with Crippen LogP contribution in [-0.4, -0.2) is 35.3 Å². The average molecular weight is 390 g/mol. The zero-order valence-corrected chi connectivity index (χ0v) is 15.8. The van der Waals surface area contributed by atoms with Crippen molar-refractivity contribution in [3.05, 3.63) is 65.9 Å². The summed E-state index contributed by atoms with van der Waals surface area (Å²) in [5.41, 5.74) is 2.78. The van der Waals surface area contributed by atoms with Crippen molar-refractivity contribution < 1.29 is 14.4 Å². The molecule has 3 aromatic rings. The second kappa shape index (κ2) is 8.18. The number of carbonyl (C=O) groups is 3. The maximum absolute atomic E-state index is 12.3. The number of rotatable bonds is 6. The third kappa shape index (κ3) is 4.45. The highest BCUT2D eigenvalue weighted by Crippen LogP contribution is 2.21. The molecule has 148 valence electrons. The molecule has 0 atom stereocenters. The standard InChI is InChI=1S/C22H22N4O3/c27-20(25-15-9-10-15)17-6-2-4-8-19(17)26-22(29)21(28)23-12-11-14-13-24-18-7-3-1-5-16(14)18/h1-8,13,15,24H,9-12H2,(H,23,28)(H,25,27)(H,26,29). The molecule has 7 heteroatoms. The number of anilines is 1. The summed E-state index contributed by atoms with van der Waals surface area (Å²) in [5, 5.41) is 9.15. The molecule has 4 rings (SSSR count). The van der Waals surface area contributed by atoms with E-state index < -0.39 is 11.8 Å². The second-order valence-electron chi connectivity index (χ2n) is 7.11. The molecule has 1 aliphatic rings. The van der Waals surface area contributed by atoms with Gasteiger partial charge in [0.05, 0.1) is 11.3 Å². The van der Waals surface area contributed by atoms with Crippen LogP contribution < -0.4 is 16.0 Å². The van der Waals surface area contributed by atoms with Gasteiger partial charge in [-0.2, -0.15) is 0 Å². The molecule has 4 N–H and O–H groups in total. The van der Waals surface area contributed by atoms with Crippen molar-refractivity contribution in [3.8, 4) is 0 Å². The summed E-state index contributed by atoms with van der Waals surface area (Å²) in [6, 6.07) is 14.8. The van der Waals surface area contributed by atoms with E-state index in [4.69, 9.17) is 0 Å². The van der Waals surface area contributed by atoms with Crippen molar-refractivity contribution in [1.29, 1.82) is 0 Å². The Balaban J connectivity index is 1.33. The van der Waals surface area contributed by atoms with E-state index in [1.165, 1.54) is 0 Å². The summed E-state index contributed by atoms with van der Waals surface area (Å²) in [4.78, 5) is 39.9. The van der Waals surface area contributed by atoms with Crippen LogP contribution in [0.3, 0.4) is 0 Å². The van der Waals surface area contributed by atoms with Gasteiger partial charge in [0, 0.05) is 29.7 Å². The van der Waals surface area contributed by atoms with Crippen LogP contribution in [0.4, 0.5) is 5.69 Å². The van der Waals surface area contributed by atoms with Crippen molar-refractivity contribution in [3.63, 3.8) is 0 Å². The minimum Gasteiger partial charge on any atom is -0.361 e. The number of para-hydroxylation sites is 2. The fraction of sp³-hybridized carbons (Fsp3) is 0.227. The lowest BCUT2D eigenvalue weighted by Crippen LogP contribution is -2.37. The van der Waals surface area contributed by atoms with Crippen molar-refractivity contribution in [2.24, 2.45) is 0 Å². The summed E-state index contributed by atoms with van der Waals surface area (Å²) >= 11 is 0. The fourth-order valence-corrected chi connectivity index (χ4v) is 3.19. The number of aromatic amines is 1. The molecule has 1 fully saturated rings. The summed E-state index contributed by atoms with van der Waals surface area (Å²) in [5.74, 6) is -1.78. The largest absolute Gasteiger partial charge is 0.361 e. The highest BCUT2D eigenvalue weighted by atomic mass is 16.2. The molecule has 29 heavy (non-hydrogen) atoms. The van der Waals surface area contributed by atoms with Gasteiger partial charge in [-0.1, -0.05) is 30.3 Å². The van der Waals surface area contributed by atoms with Gasteiger partial charge in [0.25, 0.3) is 5.91 Å². The van der Waals surface area contributed by atoms with E-state index in [0.29, 0.717) is 24.2 Å². The molecule has 7 nitrogen and oxygen atoms in total. The first-order valence-electron chi connectivity index (χ1n) is 9.66. The molecule has 1 aromatic heterocycles. The average Bonchev–Trinajstić information content (AvgIpc) is 3.45. The summed E-state index contributed by atoms with van der Waals surface area (Å²) in [6.45, 7) is 0.331. The molecular weight excluding hydrogens is 368 g/mol. The van der Waals surface area contributed by atoms with Gasteiger partial charge in [0.2, 0.25) is 0 Å². The first kappa shape index (κ1) is 18.7. The van der Waals surface area contributed by atoms with E-state index in [0.717, 1.165) is 29.3 Å². The van der Waals surface area contributed by atoms with Crippen LogP contribution in [0.5, 0.6) is 0 Å². The second-order valence-corrected chi connectivity index (χ2v) is 7.11. The first-order valence-corrected chi connectivity index (χ1v) is 9.66.